The Hall–Kier alpha value is -3.99. The summed E-state index contributed by atoms with van der Waals surface area (Å²) in [4.78, 5) is 12.7. The van der Waals surface area contributed by atoms with Gasteiger partial charge in [0.15, 0.2) is 0 Å². The monoisotopic (exact) mass is 480 g/mol. The number of hydrogen-bond acceptors (Lipinski definition) is 7. The van der Waals surface area contributed by atoms with Gasteiger partial charge < -0.3 is 4.42 Å². The quantitative estimate of drug-likeness (QED) is 0.404. The molecule has 176 valence electrons. The highest BCUT2D eigenvalue weighted by molar-refractivity contribution is 7.92. The van der Waals surface area contributed by atoms with Crippen molar-refractivity contribution in [3.05, 3.63) is 72.4 Å². The van der Waals surface area contributed by atoms with Crippen LogP contribution < -0.4 is 9.62 Å². The zero-order valence-corrected chi connectivity index (χ0v) is 19.7. The lowest BCUT2D eigenvalue weighted by Crippen LogP contribution is -2.30. The molecule has 0 aliphatic rings. The number of hydrogen-bond donors (Lipinski definition) is 1. The van der Waals surface area contributed by atoms with Crippen molar-refractivity contribution in [1.82, 2.24) is 20.0 Å². The van der Waals surface area contributed by atoms with Crippen LogP contribution in [0.5, 0.6) is 0 Å². The van der Waals surface area contributed by atoms with Gasteiger partial charge in [-0.15, -0.1) is 5.10 Å². The number of aromatic nitrogens is 4. The number of para-hydroxylation sites is 1. The average Bonchev–Trinajstić information content (AvgIpc) is 3.50. The van der Waals surface area contributed by atoms with Gasteiger partial charge in [0.2, 0.25) is 0 Å². The second-order valence-electron chi connectivity index (χ2n) is 7.65. The summed E-state index contributed by atoms with van der Waals surface area (Å²) in [5.74, 6) is -0.282. The summed E-state index contributed by atoms with van der Waals surface area (Å²) >= 11 is 0. The van der Waals surface area contributed by atoms with Gasteiger partial charge in [-0.25, -0.2) is 8.42 Å². The van der Waals surface area contributed by atoms with Crippen LogP contribution in [0.1, 0.15) is 37.2 Å². The van der Waals surface area contributed by atoms with Crippen LogP contribution in [-0.4, -0.2) is 40.8 Å². The van der Waals surface area contributed by atoms with Gasteiger partial charge in [0, 0.05) is 24.3 Å². The number of carbonyl (C=O) groups excluding carboxylic acids is 1. The van der Waals surface area contributed by atoms with E-state index in [4.69, 9.17) is 4.42 Å². The average molecular weight is 481 g/mol. The Labute approximate surface area is 197 Å². The molecule has 1 amide bonds. The molecule has 2 heterocycles. The van der Waals surface area contributed by atoms with Crippen molar-refractivity contribution in [2.75, 3.05) is 16.2 Å². The first-order valence-electron chi connectivity index (χ1n) is 10.7. The largest absolute Gasteiger partial charge is 0.401 e. The highest BCUT2D eigenvalue weighted by atomic mass is 32.2. The molecule has 0 fully saturated rings. The van der Waals surface area contributed by atoms with Crippen molar-refractivity contribution in [2.24, 2.45) is 0 Å². The topological polar surface area (TPSA) is 123 Å². The number of nitrogens with zero attached hydrogens (tertiary/aromatic N) is 5. The minimum absolute atomic E-state index is 0.0746. The Kier molecular flexibility index (Phi) is 6.46. The summed E-state index contributed by atoms with van der Waals surface area (Å²) in [7, 11) is -3.79. The van der Waals surface area contributed by atoms with E-state index in [1.54, 1.807) is 48.1 Å². The van der Waals surface area contributed by atoms with Crippen LogP contribution in [0.15, 0.2) is 76.2 Å². The fraction of sp³-hybridized carbons (Fsp3) is 0.217. The maximum absolute atomic E-state index is 13.1. The number of anilines is 2. The van der Waals surface area contributed by atoms with Gasteiger partial charge in [0.1, 0.15) is 5.69 Å². The summed E-state index contributed by atoms with van der Waals surface area (Å²) in [6.07, 6.45) is 1.63. The molecule has 0 bridgehead atoms. The molecular weight excluding hydrogens is 456 g/mol. The second-order valence-corrected chi connectivity index (χ2v) is 9.51. The summed E-state index contributed by atoms with van der Waals surface area (Å²) in [5, 5.41) is 14.6. The van der Waals surface area contributed by atoms with E-state index >= 15 is 0 Å². The Morgan fingerprint density at radius 2 is 1.76 bits per heavy atom. The van der Waals surface area contributed by atoms with Crippen molar-refractivity contribution in [3.8, 4) is 11.6 Å². The van der Waals surface area contributed by atoms with Crippen molar-refractivity contribution in [3.63, 3.8) is 0 Å². The molecule has 0 unspecified atom stereocenters. The summed E-state index contributed by atoms with van der Waals surface area (Å²) in [6, 6.07) is 16.3. The van der Waals surface area contributed by atoms with Crippen LogP contribution in [0.2, 0.25) is 0 Å². The van der Waals surface area contributed by atoms with E-state index in [9.17, 15) is 13.2 Å². The first kappa shape index (κ1) is 23.2. The number of sulfonamides is 1. The van der Waals surface area contributed by atoms with Crippen LogP contribution in [0.3, 0.4) is 0 Å². The molecule has 4 aromatic rings. The number of benzene rings is 2. The van der Waals surface area contributed by atoms with Crippen LogP contribution in [0, 0.1) is 0 Å². The number of rotatable bonds is 8. The van der Waals surface area contributed by atoms with Gasteiger partial charge in [-0.05, 0) is 63.2 Å². The summed E-state index contributed by atoms with van der Waals surface area (Å²) in [5.41, 5.74) is 1.45. The van der Waals surface area contributed by atoms with Crippen molar-refractivity contribution < 1.29 is 17.6 Å². The van der Waals surface area contributed by atoms with E-state index in [-0.39, 0.29) is 35.0 Å². The fourth-order valence-electron chi connectivity index (χ4n) is 3.43. The van der Waals surface area contributed by atoms with Gasteiger partial charge in [0.25, 0.3) is 21.8 Å². The molecule has 11 heteroatoms. The molecule has 0 radical (unpaired) electrons. The molecule has 0 aliphatic heterocycles. The highest BCUT2D eigenvalue weighted by Gasteiger charge is 2.24. The number of nitrogens with one attached hydrogen (secondary N) is 1. The molecule has 1 N–H and O–H groups in total. The molecule has 0 saturated heterocycles. The molecule has 0 aliphatic carbocycles. The Bertz CT molecular complexity index is 1380. The lowest BCUT2D eigenvalue weighted by molar-refractivity contribution is 0.102. The van der Waals surface area contributed by atoms with E-state index in [1.807, 2.05) is 19.9 Å². The van der Waals surface area contributed by atoms with E-state index in [0.717, 1.165) is 0 Å². The Balaban J connectivity index is 1.50. The lowest BCUT2D eigenvalue weighted by Gasteiger charge is -2.22. The summed E-state index contributed by atoms with van der Waals surface area (Å²) in [6.45, 7) is 5.97. The molecule has 0 saturated carbocycles. The second kappa shape index (κ2) is 9.48. The van der Waals surface area contributed by atoms with E-state index < -0.39 is 15.9 Å². The normalized spacial score (nSPS) is 11.5. The standard InChI is InChI=1S/C23H24N6O4S/c1-4-28(18-8-6-5-7-9-18)34(31,32)19-12-10-17(11-13-19)21(30)25-23-27-26-22(33-23)20-14-15-24-29(20)16(2)3/h5-16H,4H2,1-3H3,(H,25,27,30). The van der Waals surface area contributed by atoms with E-state index in [2.05, 4.69) is 20.6 Å². The van der Waals surface area contributed by atoms with Crippen LogP contribution in [-0.2, 0) is 10.0 Å². The molecule has 2 aromatic heterocycles. The van der Waals surface area contributed by atoms with Crippen LogP contribution in [0.25, 0.3) is 11.6 Å². The predicted octanol–water partition coefficient (Wildman–Crippen LogP) is 3.98. The number of amides is 1. The number of carbonyl (C=O) groups is 1. The zero-order valence-electron chi connectivity index (χ0n) is 18.9. The maximum Gasteiger partial charge on any atom is 0.322 e. The molecule has 2 aromatic carbocycles. The molecular formula is C23H24N6O4S. The summed E-state index contributed by atoms with van der Waals surface area (Å²) < 4.78 is 34.8. The van der Waals surface area contributed by atoms with Crippen molar-refractivity contribution in [2.45, 2.75) is 31.7 Å². The third-order valence-electron chi connectivity index (χ3n) is 5.06. The van der Waals surface area contributed by atoms with Gasteiger partial charge in [-0.1, -0.05) is 23.3 Å². The lowest BCUT2D eigenvalue weighted by atomic mass is 10.2. The van der Waals surface area contributed by atoms with Gasteiger partial charge >= 0.3 is 6.01 Å². The molecule has 34 heavy (non-hydrogen) atoms. The highest BCUT2D eigenvalue weighted by Crippen LogP contribution is 2.25. The van der Waals surface area contributed by atoms with Gasteiger partial charge in [-0.3, -0.25) is 19.1 Å². The molecule has 0 atom stereocenters. The SMILES string of the molecule is CCN(c1ccccc1)S(=O)(=O)c1ccc(C(=O)Nc2nnc(-c3ccnn3C(C)C)o2)cc1. The predicted molar refractivity (Wildman–Crippen MR) is 127 cm³/mol. The zero-order chi connectivity index (χ0) is 24.3. The maximum atomic E-state index is 13.1. The molecule has 10 nitrogen and oxygen atoms in total. The smallest absolute Gasteiger partial charge is 0.322 e. The first-order valence-corrected chi connectivity index (χ1v) is 12.1. The van der Waals surface area contributed by atoms with E-state index in [0.29, 0.717) is 11.4 Å². The van der Waals surface area contributed by atoms with Crippen LogP contribution >= 0.6 is 0 Å². The third-order valence-corrected chi connectivity index (χ3v) is 6.98. The van der Waals surface area contributed by atoms with Crippen molar-refractivity contribution in [1.29, 1.82) is 0 Å². The first-order chi connectivity index (χ1) is 16.3. The minimum Gasteiger partial charge on any atom is -0.401 e. The molecule has 4 rings (SSSR count). The van der Waals surface area contributed by atoms with Crippen molar-refractivity contribution >= 4 is 27.6 Å². The third kappa shape index (κ3) is 4.55. The Morgan fingerprint density at radius 3 is 2.41 bits per heavy atom. The molecule has 0 spiro atoms. The minimum atomic E-state index is -3.79. The van der Waals surface area contributed by atoms with Gasteiger partial charge in [0.05, 0.1) is 10.6 Å². The fourth-order valence-corrected chi connectivity index (χ4v) is 4.91. The van der Waals surface area contributed by atoms with Crippen LogP contribution in [0.4, 0.5) is 11.7 Å². The van der Waals surface area contributed by atoms with Gasteiger partial charge in [-0.2, -0.15) is 5.10 Å². The Morgan fingerprint density at radius 1 is 1.06 bits per heavy atom. The van der Waals surface area contributed by atoms with E-state index in [1.165, 1.54) is 28.6 Å².